The third-order valence-corrected chi connectivity index (χ3v) is 5.93. The maximum absolute atomic E-state index is 16.5. The molecule has 2 aliphatic rings. The number of aromatic amines is 1. The summed E-state index contributed by atoms with van der Waals surface area (Å²) < 4.78 is 53.2. The van der Waals surface area contributed by atoms with Gasteiger partial charge in [-0.15, -0.1) is 0 Å². The number of aliphatic hydroxyl groups is 2. The van der Waals surface area contributed by atoms with Gasteiger partial charge in [0.15, 0.2) is 12.4 Å². The van der Waals surface area contributed by atoms with Crippen LogP contribution in [0.5, 0.6) is 0 Å². The van der Waals surface area contributed by atoms with Crippen molar-refractivity contribution in [2.24, 2.45) is 5.41 Å². The van der Waals surface area contributed by atoms with E-state index in [2.05, 4.69) is 0 Å². The number of ketones is 2. The second-order valence-electron chi connectivity index (χ2n) is 9.69. The molecular formula is C22H26F3N3O7. The highest BCUT2D eigenvalue weighted by Gasteiger charge is 2.82. The average Bonchev–Trinajstić information content (AvgIpc) is 2.97. The molecule has 5 atom stereocenters. The largest absolute Gasteiger partial charge is 0.374 e. The van der Waals surface area contributed by atoms with Crippen molar-refractivity contribution in [1.82, 2.24) is 14.5 Å². The van der Waals surface area contributed by atoms with Crippen LogP contribution in [0.25, 0.3) is 0 Å². The van der Waals surface area contributed by atoms with Crippen molar-refractivity contribution in [1.29, 1.82) is 0 Å². The lowest BCUT2D eigenvalue weighted by Crippen LogP contribution is -2.71. The molecule has 35 heavy (non-hydrogen) atoms. The Kier molecular flexibility index (Phi) is 6.28. The van der Waals surface area contributed by atoms with Crippen molar-refractivity contribution in [3.8, 4) is 0 Å². The summed E-state index contributed by atoms with van der Waals surface area (Å²) in [5.41, 5.74) is -8.67. The van der Waals surface area contributed by atoms with Gasteiger partial charge in [0.05, 0.1) is 0 Å². The van der Waals surface area contributed by atoms with E-state index >= 15 is 13.2 Å². The Morgan fingerprint density at radius 3 is 2.43 bits per heavy atom. The maximum Gasteiger partial charge on any atom is 0.330 e. The van der Waals surface area contributed by atoms with Crippen molar-refractivity contribution < 1.29 is 37.7 Å². The highest BCUT2D eigenvalue weighted by molar-refractivity contribution is 6.05. The number of H-pyrrole nitrogens is 1. The SMILES string of the molecule is Cc1cn([C@@H]2O[C@](F)(C(O)(F)C(=O)C(C)(C)C)[C@](O)(C(=O)C3=CN(C)C=CC3)C2F)c(=O)[nH]c1=O. The summed E-state index contributed by atoms with van der Waals surface area (Å²) in [6.07, 6.45) is -1.22. The lowest BCUT2D eigenvalue weighted by molar-refractivity contribution is -0.330. The average molecular weight is 501 g/mol. The molecule has 3 heterocycles. The molecule has 2 aliphatic heterocycles. The fourth-order valence-corrected chi connectivity index (χ4v) is 4.00. The molecule has 1 fully saturated rings. The molecule has 1 aromatic heterocycles. The Labute approximate surface area is 197 Å². The summed E-state index contributed by atoms with van der Waals surface area (Å²) in [6.45, 7) is 4.55. The van der Waals surface area contributed by atoms with Crippen LogP contribution in [-0.2, 0) is 14.3 Å². The normalized spacial score (nSPS) is 30.7. The second-order valence-corrected chi connectivity index (χ2v) is 9.69. The molecule has 0 bridgehead atoms. The van der Waals surface area contributed by atoms with Crippen LogP contribution in [-0.4, -0.2) is 66.8 Å². The molecule has 10 nitrogen and oxygen atoms in total. The van der Waals surface area contributed by atoms with E-state index in [0.29, 0.717) is 4.57 Å². The molecule has 13 heteroatoms. The molecule has 3 N–H and O–H groups in total. The van der Waals surface area contributed by atoms with Crippen molar-refractivity contribution in [2.75, 3.05) is 7.05 Å². The van der Waals surface area contributed by atoms with Crippen LogP contribution in [0.15, 0.2) is 39.8 Å². The van der Waals surface area contributed by atoms with E-state index in [4.69, 9.17) is 4.74 Å². The van der Waals surface area contributed by atoms with Crippen LogP contribution in [0.3, 0.4) is 0 Å². The van der Waals surface area contributed by atoms with Gasteiger partial charge in [-0.3, -0.25) is 23.9 Å². The van der Waals surface area contributed by atoms with E-state index in [1.54, 1.807) is 0 Å². The molecular weight excluding hydrogens is 475 g/mol. The summed E-state index contributed by atoms with van der Waals surface area (Å²) in [4.78, 5) is 53.2. The lowest BCUT2D eigenvalue weighted by atomic mass is 9.74. The van der Waals surface area contributed by atoms with Crippen LogP contribution >= 0.6 is 0 Å². The molecule has 0 aliphatic carbocycles. The Morgan fingerprint density at radius 1 is 1.29 bits per heavy atom. The van der Waals surface area contributed by atoms with Gasteiger partial charge in [-0.2, -0.15) is 4.39 Å². The third kappa shape index (κ3) is 3.87. The molecule has 0 saturated carbocycles. The van der Waals surface area contributed by atoms with Gasteiger partial charge >= 0.3 is 17.4 Å². The Hall–Kier alpha value is -3.03. The van der Waals surface area contributed by atoms with Crippen molar-refractivity contribution in [2.45, 2.75) is 63.8 Å². The van der Waals surface area contributed by atoms with E-state index in [-0.39, 0.29) is 12.0 Å². The molecule has 0 aromatic carbocycles. The van der Waals surface area contributed by atoms with Crippen molar-refractivity contribution >= 4 is 11.6 Å². The summed E-state index contributed by atoms with van der Waals surface area (Å²) in [5, 5.41) is 21.7. The first-order chi connectivity index (χ1) is 15.9. The predicted molar refractivity (Wildman–Crippen MR) is 115 cm³/mol. The smallest absolute Gasteiger partial charge is 0.330 e. The van der Waals surface area contributed by atoms with E-state index in [1.165, 1.54) is 31.1 Å². The maximum atomic E-state index is 16.5. The third-order valence-electron chi connectivity index (χ3n) is 5.93. The number of hydrogen-bond donors (Lipinski definition) is 3. The minimum atomic E-state index is -4.74. The number of halogens is 3. The van der Waals surface area contributed by atoms with Gasteiger partial charge in [0, 0.05) is 36.0 Å². The minimum Gasteiger partial charge on any atom is -0.374 e. The molecule has 2 unspecified atom stereocenters. The highest BCUT2D eigenvalue weighted by Crippen LogP contribution is 2.55. The number of carbonyl (C=O) groups is 2. The number of allylic oxidation sites excluding steroid dienone is 1. The number of aryl methyl sites for hydroxylation is 1. The van der Waals surface area contributed by atoms with E-state index in [9.17, 15) is 29.4 Å². The summed E-state index contributed by atoms with van der Waals surface area (Å²) in [7, 11) is 1.47. The zero-order chi connectivity index (χ0) is 26.7. The topological polar surface area (TPSA) is 142 Å². The summed E-state index contributed by atoms with van der Waals surface area (Å²) in [6, 6.07) is 0. The van der Waals surface area contributed by atoms with Gasteiger partial charge < -0.3 is 19.8 Å². The van der Waals surface area contributed by atoms with Crippen molar-refractivity contribution in [3.05, 3.63) is 56.6 Å². The Bertz CT molecular complexity index is 1250. The molecule has 1 aromatic rings. The van der Waals surface area contributed by atoms with Crippen molar-refractivity contribution in [3.63, 3.8) is 0 Å². The summed E-state index contributed by atoms with van der Waals surface area (Å²) >= 11 is 0. The summed E-state index contributed by atoms with van der Waals surface area (Å²) in [5.74, 6) is -13.0. The quantitative estimate of drug-likeness (QED) is 0.535. The zero-order valence-electron chi connectivity index (χ0n) is 19.6. The lowest BCUT2D eigenvalue weighted by Gasteiger charge is -2.41. The number of alkyl halides is 3. The first-order valence-electron chi connectivity index (χ1n) is 10.5. The zero-order valence-corrected chi connectivity index (χ0v) is 19.6. The minimum absolute atomic E-state index is 0.172. The number of hydrogen-bond acceptors (Lipinski definition) is 8. The molecule has 3 rings (SSSR count). The number of Topliss-reactive ketones (excluding diaryl/α,β-unsaturated/α-hetero) is 2. The van der Waals surface area contributed by atoms with Crippen LogP contribution in [0.2, 0.25) is 0 Å². The number of aromatic nitrogens is 2. The van der Waals surface area contributed by atoms with Crippen LogP contribution < -0.4 is 11.2 Å². The number of ether oxygens (including phenoxy) is 1. The number of carbonyl (C=O) groups excluding carboxylic acids is 2. The molecule has 1 saturated heterocycles. The van der Waals surface area contributed by atoms with Crippen LogP contribution in [0, 0.1) is 12.3 Å². The number of nitrogens with one attached hydrogen (secondary N) is 1. The Morgan fingerprint density at radius 2 is 1.89 bits per heavy atom. The second kappa shape index (κ2) is 8.28. The fraction of sp³-hybridized carbons (Fsp3) is 0.545. The van der Waals surface area contributed by atoms with E-state index in [0.717, 1.165) is 33.2 Å². The highest BCUT2D eigenvalue weighted by atomic mass is 19.2. The van der Waals surface area contributed by atoms with Gasteiger partial charge in [0.25, 0.3) is 5.56 Å². The van der Waals surface area contributed by atoms with Gasteiger partial charge in [-0.1, -0.05) is 26.8 Å². The molecule has 0 spiro atoms. The number of rotatable bonds is 5. The predicted octanol–water partition coefficient (Wildman–Crippen LogP) is 0.684. The van der Waals surface area contributed by atoms with Gasteiger partial charge in [-0.05, 0) is 19.5 Å². The van der Waals surface area contributed by atoms with E-state index < -0.39 is 63.5 Å². The first kappa shape index (κ1) is 26.6. The van der Waals surface area contributed by atoms with Crippen LogP contribution in [0.4, 0.5) is 13.2 Å². The Balaban J connectivity index is 2.27. The van der Waals surface area contributed by atoms with Gasteiger partial charge in [-0.25, -0.2) is 13.6 Å². The molecule has 0 amide bonds. The standard InChI is InChI=1S/C22H26F3N3O7/c1-11-9-28(18(32)26-15(11)30)16-13(23)20(33,14(29)12-7-6-8-27(5)10-12)22(25,35-16)21(24,34)17(31)19(2,3)4/h6,8-10,13,16,33-34H,7H2,1-5H3,(H,26,30,32)/t13?,16-,20-,21?,22+/m1/s1. The van der Waals surface area contributed by atoms with Crippen LogP contribution in [0.1, 0.15) is 39.0 Å². The molecule has 192 valence electrons. The molecule has 0 radical (unpaired) electrons. The van der Waals surface area contributed by atoms with E-state index in [1.807, 2.05) is 4.98 Å². The fourth-order valence-electron chi connectivity index (χ4n) is 4.00. The number of nitrogens with zero attached hydrogens (tertiary/aromatic N) is 2. The van der Waals surface area contributed by atoms with Gasteiger partial charge in [0.2, 0.25) is 17.2 Å². The van der Waals surface area contributed by atoms with Gasteiger partial charge in [0.1, 0.15) is 0 Å². The monoisotopic (exact) mass is 501 g/mol. The first-order valence-corrected chi connectivity index (χ1v) is 10.5.